The van der Waals surface area contributed by atoms with Crippen LogP contribution in [0.5, 0.6) is 0 Å². The lowest BCUT2D eigenvalue weighted by Crippen LogP contribution is -1.86. The number of rotatable bonds is 1. The maximum atomic E-state index is 13.3. The molecule has 0 saturated heterocycles. The zero-order valence-corrected chi connectivity index (χ0v) is 9.84. The summed E-state index contributed by atoms with van der Waals surface area (Å²) in [6.07, 6.45) is 0. The molecule has 0 saturated carbocycles. The number of hydrogen-bond donors (Lipinski definition) is 0. The molecule has 0 amide bonds. The van der Waals surface area contributed by atoms with Crippen LogP contribution in [0.15, 0.2) is 36.4 Å². The Morgan fingerprint density at radius 3 is 1.56 bits per heavy atom. The quantitative estimate of drug-likeness (QED) is 0.659. The Kier molecular flexibility index (Phi) is 2.78. The molecule has 0 radical (unpaired) electrons. The van der Waals surface area contributed by atoms with Gasteiger partial charge in [-0.25, -0.2) is 4.39 Å². The molecule has 2 aromatic carbocycles. The van der Waals surface area contributed by atoms with E-state index in [0.29, 0.717) is 0 Å². The Bertz CT molecular complexity index is 437. The Hall–Kier alpha value is -1.63. The average Bonchev–Trinajstić information content (AvgIpc) is 2.14. The standard InChI is InChI=1S/C15H15F/c1-10-4-11(2)6-13(5-10)14-7-12(3)8-15(16)9-14/h4-9H,1-3H3. The molecule has 2 aromatic rings. The molecule has 0 nitrogen and oxygen atoms in total. The molecule has 0 fully saturated rings. The lowest BCUT2D eigenvalue weighted by molar-refractivity contribution is 0.627. The minimum absolute atomic E-state index is 0.172. The molecule has 82 valence electrons. The van der Waals surface area contributed by atoms with Crippen LogP contribution < -0.4 is 0 Å². The summed E-state index contributed by atoms with van der Waals surface area (Å²) in [5.74, 6) is -0.172. The Labute approximate surface area is 95.7 Å². The molecule has 0 aliphatic carbocycles. The van der Waals surface area contributed by atoms with E-state index in [-0.39, 0.29) is 5.82 Å². The highest BCUT2D eigenvalue weighted by Crippen LogP contribution is 2.24. The first-order valence-electron chi connectivity index (χ1n) is 5.40. The molecule has 2 rings (SSSR count). The molecule has 0 aliphatic rings. The molecule has 0 unspecified atom stereocenters. The first-order valence-corrected chi connectivity index (χ1v) is 5.40. The SMILES string of the molecule is Cc1cc(C)cc(-c2cc(C)cc(F)c2)c1. The van der Waals surface area contributed by atoms with Crippen molar-refractivity contribution in [2.45, 2.75) is 20.8 Å². The van der Waals surface area contributed by atoms with Crippen LogP contribution in [-0.4, -0.2) is 0 Å². The van der Waals surface area contributed by atoms with Gasteiger partial charge in [-0.1, -0.05) is 35.4 Å². The normalized spacial score (nSPS) is 10.5. The van der Waals surface area contributed by atoms with Gasteiger partial charge in [0, 0.05) is 0 Å². The number of aryl methyl sites for hydroxylation is 3. The van der Waals surface area contributed by atoms with Gasteiger partial charge in [-0.3, -0.25) is 0 Å². The topological polar surface area (TPSA) is 0 Å². The monoisotopic (exact) mass is 214 g/mol. The summed E-state index contributed by atoms with van der Waals surface area (Å²) >= 11 is 0. The van der Waals surface area contributed by atoms with Crippen molar-refractivity contribution in [3.63, 3.8) is 0 Å². The van der Waals surface area contributed by atoms with Gasteiger partial charge in [-0.05, 0) is 49.6 Å². The fourth-order valence-electron chi connectivity index (χ4n) is 2.04. The first-order chi connectivity index (χ1) is 7.54. The van der Waals surface area contributed by atoms with Crippen molar-refractivity contribution in [3.05, 3.63) is 58.9 Å². The van der Waals surface area contributed by atoms with Gasteiger partial charge in [-0.2, -0.15) is 0 Å². The van der Waals surface area contributed by atoms with Gasteiger partial charge in [0.2, 0.25) is 0 Å². The van der Waals surface area contributed by atoms with Gasteiger partial charge in [0.05, 0.1) is 0 Å². The van der Waals surface area contributed by atoms with E-state index in [1.54, 1.807) is 12.1 Å². The maximum Gasteiger partial charge on any atom is 0.124 e. The summed E-state index contributed by atoms with van der Waals surface area (Å²) in [5, 5.41) is 0. The third kappa shape index (κ3) is 2.30. The van der Waals surface area contributed by atoms with Crippen LogP contribution in [0.25, 0.3) is 11.1 Å². The van der Waals surface area contributed by atoms with Crippen LogP contribution in [0.1, 0.15) is 16.7 Å². The van der Waals surface area contributed by atoms with E-state index in [0.717, 1.165) is 16.7 Å². The summed E-state index contributed by atoms with van der Waals surface area (Å²) < 4.78 is 13.3. The van der Waals surface area contributed by atoms with E-state index in [2.05, 4.69) is 32.0 Å². The summed E-state index contributed by atoms with van der Waals surface area (Å²) in [4.78, 5) is 0. The van der Waals surface area contributed by atoms with Crippen LogP contribution in [0.3, 0.4) is 0 Å². The maximum absolute atomic E-state index is 13.3. The zero-order valence-electron chi connectivity index (χ0n) is 9.84. The average molecular weight is 214 g/mol. The highest BCUT2D eigenvalue weighted by molar-refractivity contribution is 5.65. The smallest absolute Gasteiger partial charge is 0.124 e. The number of halogens is 1. The van der Waals surface area contributed by atoms with E-state index in [4.69, 9.17) is 0 Å². The molecular weight excluding hydrogens is 199 g/mol. The van der Waals surface area contributed by atoms with Crippen LogP contribution in [0.2, 0.25) is 0 Å². The first kappa shape index (κ1) is 10.9. The molecule has 1 heteroatoms. The minimum Gasteiger partial charge on any atom is -0.207 e. The molecule has 16 heavy (non-hydrogen) atoms. The van der Waals surface area contributed by atoms with E-state index in [1.165, 1.54) is 11.1 Å². The molecule has 0 aromatic heterocycles. The van der Waals surface area contributed by atoms with Crippen LogP contribution in [0.4, 0.5) is 4.39 Å². The third-order valence-corrected chi connectivity index (χ3v) is 2.60. The van der Waals surface area contributed by atoms with Crippen LogP contribution >= 0.6 is 0 Å². The second-order valence-corrected chi connectivity index (χ2v) is 4.39. The molecule has 0 aliphatic heterocycles. The van der Waals surface area contributed by atoms with E-state index >= 15 is 0 Å². The van der Waals surface area contributed by atoms with Gasteiger partial charge in [0.15, 0.2) is 0 Å². The summed E-state index contributed by atoms with van der Waals surface area (Å²) in [5.41, 5.74) is 5.40. The second-order valence-electron chi connectivity index (χ2n) is 4.39. The minimum atomic E-state index is -0.172. The van der Waals surface area contributed by atoms with Gasteiger partial charge < -0.3 is 0 Å². The second kappa shape index (κ2) is 4.09. The fraction of sp³-hybridized carbons (Fsp3) is 0.200. The Morgan fingerprint density at radius 2 is 1.06 bits per heavy atom. The van der Waals surface area contributed by atoms with Crippen molar-refractivity contribution in [2.24, 2.45) is 0 Å². The third-order valence-electron chi connectivity index (χ3n) is 2.60. The molecule has 0 N–H and O–H groups in total. The number of hydrogen-bond acceptors (Lipinski definition) is 0. The van der Waals surface area contributed by atoms with Crippen LogP contribution in [0, 0.1) is 26.6 Å². The van der Waals surface area contributed by atoms with Crippen molar-refractivity contribution in [1.29, 1.82) is 0 Å². The van der Waals surface area contributed by atoms with Crippen molar-refractivity contribution in [2.75, 3.05) is 0 Å². The molecule has 0 spiro atoms. The molecule has 0 bridgehead atoms. The van der Waals surface area contributed by atoms with Crippen molar-refractivity contribution in [3.8, 4) is 11.1 Å². The summed E-state index contributed by atoms with van der Waals surface area (Å²) in [6, 6.07) is 11.4. The Morgan fingerprint density at radius 1 is 0.625 bits per heavy atom. The predicted molar refractivity (Wildman–Crippen MR) is 66.0 cm³/mol. The predicted octanol–water partition coefficient (Wildman–Crippen LogP) is 4.42. The lowest BCUT2D eigenvalue weighted by Gasteiger charge is -2.06. The van der Waals surface area contributed by atoms with E-state index in [1.807, 2.05) is 13.0 Å². The van der Waals surface area contributed by atoms with E-state index in [9.17, 15) is 4.39 Å². The van der Waals surface area contributed by atoms with Crippen LogP contribution in [-0.2, 0) is 0 Å². The van der Waals surface area contributed by atoms with Gasteiger partial charge in [0.1, 0.15) is 5.82 Å². The van der Waals surface area contributed by atoms with Crippen molar-refractivity contribution in [1.82, 2.24) is 0 Å². The fourth-order valence-corrected chi connectivity index (χ4v) is 2.04. The summed E-state index contributed by atoms with van der Waals surface area (Å²) in [7, 11) is 0. The van der Waals surface area contributed by atoms with Crippen molar-refractivity contribution < 1.29 is 4.39 Å². The number of benzene rings is 2. The summed E-state index contributed by atoms with van der Waals surface area (Å²) in [6.45, 7) is 6.03. The zero-order chi connectivity index (χ0) is 11.7. The highest BCUT2D eigenvalue weighted by Gasteiger charge is 2.02. The van der Waals surface area contributed by atoms with E-state index < -0.39 is 0 Å². The van der Waals surface area contributed by atoms with Gasteiger partial charge >= 0.3 is 0 Å². The lowest BCUT2D eigenvalue weighted by atomic mass is 9.99. The van der Waals surface area contributed by atoms with Crippen molar-refractivity contribution >= 4 is 0 Å². The molecule has 0 heterocycles. The Balaban J connectivity index is 2.57. The van der Waals surface area contributed by atoms with Gasteiger partial charge in [0.25, 0.3) is 0 Å². The molecule has 0 atom stereocenters. The highest BCUT2D eigenvalue weighted by atomic mass is 19.1. The molecular formula is C15H15F. The van der Waals surface area contributed by atoms with Gasteiger partial charge in [-0.15, -0.1) is 0 Å². The largest absolute Gasteiger partial charge is 0.207 e.